The second kappa shape index (κ2) is 5.96. The van der Waals surface area contributed by atoms with Crippen LogP contribution >= 0.6 is 15.9 Å². The molecule has 0 fully saturated rings. The summed E-state index contributed by atoms with van der Waals surface area (Å²) in [5.74, 6) is -0.898. The van der Waals surface area contributed by atoms with Crippen molar-refractivity contribution >= 4 is 21.8 Å². The van der Waals surface area contributed by atoms with Crippen molar-refractivity contribution in [3.63, 3.8) is 0 Å². The molecule has 3 rings (SSSR count). The predicted octanol–water partition coefficient (Wildman–Crippen LogP) is 3.46. The zero-order chi connectivity index (χ0) is 18.2. The molecule has 1 unspecified atom stereocenters. The topological polar surface area (TPSA) is 47.6 Å². The van der Waals surface area contributed by atoms with Crippen LogP contribution in [0.15, 0.2) is 40.9 Å². The summed E-state index contributed by atoms with van der Waals surface area (Å²) in [7, 11) is -2.75. The van der Waals surface area contributed by atoms with Crippen molar-refractivity contribution in [2.75, 3.05) is 13.6 Å². The first-order valence-corrected chi connectivity index (χ1v) is 7.24. The number of fused-ring (bicyclic) bond motifs is 1. The van der Waals surface area contributed by atoms with E-state index >= 15 is 0 Å². The van der Waals surface area contributed by atoms with E-state index in [9.17, 15) is 9.18 Å². The molecule has 1 heterocycles. The molecule has 0 radical (unpaired) electrons. The lowest BCUT2D eigenvalue weighted by molar-refractivity contribution is 0.0926. The van der Waals surface area contributed by atoms with E-state index in [-0.39, 0.29) is 17.9 Å². The Bertz CT molecular complexity index is 829. The van der Waals surface area contributed by atoms with Gasteiger partial charge in [0.05, 0.1) is 22.8 Å². The normalized spacial score (nSPS) is 18.5. The Kier molecular flexibility index (Phi) is 3.11. The van der Waals surface area contributed by atoms with Gasteiger partial charge in [-0.1, -0.05) is 22.0 Å². The summed E-state index contributed by atoms with van der Waals surface area (Å²) < 4.78 is 46.2. The third kappa shape index (κ3) is 2.78. The Morgan fingerprint density at radius 3 is 3.14 bits per heavy atom. The third-order valence-electron chi connectivity index (χ3n) is 3.36. The lowest BCUT2D eigenvalue weighted by Gasteiger charge is -2.14. The standard InChI is InChI=1S/C16H13BrFNO3/c1-21-14-5-3-10(18)7-12(14)16(20)19-13-8-22-15-6-9(17)2-4-11(13)15/h2-7,13H,8H2,1H3,(H,19,20)/i1D3. The zero-order valence-electron chi connectivity index (χ0n) is 14.2. The zero-order valence-corrected chi connectivity index (χ0v) is 12.8. The second-order valence-corrected chi connectivity index (χ2v) is 5.68. The quantitative estimate of drug-likeness (QED) is 0.902. The molecule has 1 atom stereocenters. The van der Waals surface area contributed by atoms with Crippen molar-refractivity contribution in [3.8, 4) is 11.5 Å². The van der Waals surface area contributed by atoms with Crippen LogP contribution in [0.4, 0.5) is 4.39 Å². The van der Waals surface area contributed by atoms with E-state index in [0.717, 1.165) is 28.2 Å². The maximum atomic E-state index is 13.5. The molecule has 2 aromatic rings. The Hall–Kier alpha value is -2.08. The fraction of sp³-hybridized carbons (Fsp3) is 0.188. The highest BCUT2D eigenvalue weighted by molar-refractivity contribution is 9.10. The predicted molar refractivity (Wildman–Crippen MR) is 82.8 cm³/mol. The van der Waals surface area contributed by atoms with E-state index in [1.165, 1.54) is 0 Å². The smallest absolute Gasteiger partial charge is 0.255 e. The lowest BCUT2D eigenvalue weighted by atomic mass is 10.1. The minimum Gasteiger partial charge on any atom is -0.496 e. The number of carbonyl (C=O) groups is 1. The monoisotopic (exact) mass is 368 g/mol. The van der Waals surface area contributed by atoms with Gasteiger partial charge in [-0.05, 0) is 30.3 Å². The minimum atomic E-state index is -2.75. The molecule has 1 amide bonds. The van der Waals surface area contributed by atoms with Crippen molar-refractivity contribution in [2.45, 2.75) is 6.04 Å². The summed E-state index contributed by atoms with van der Waals surface area (Å²) in [6, 6.07) is 8.07. The van der Waals surface area contributed by atoms with Crippen LogP contribution in [0.3, 0.4) is 0 Å². The Labute approximate surface area is 139 Å². The third-order valence-corrected chi connectivity index (χ3v) is 3.85. The number of benzene rings is 2. The van der Waals surface area contributed by atoms with Gasteiger partial charge in [-0.15, -0.1) is 0 Å². The first-order valence-electron chi connectivity index (χ1n) is 7.94. The number of rotatable bonds is 3. The van der Waals surface area contributed by atoms with E-state index in [1.54, 1.807) is 6.07 Å². The Morgan fingerprint density at radius 2 is 2.32 bits per heavy atom. The molecule has 0 saturated carbocycles. The number of halogens is 2. The van der Waals surface area contributed by atoms with Gasteiger partial charge in [-0.3, -0.25) is 4.79 Å². The number of ether oxygens (including phenoxy) is 2. The SMILES string of the molecule is [2H]C([2H])([2H])Oc1ccc(F)cc1C(=O)NC1COc2cc(Br)ccc21. The van der Waals surface area contributed by atoms with Crippen molar-refractivity contribution in [1.82, 2.24) is 5.32 Å². The molecule has 2 aromatic carbocycles. The number of methoxy groups -OCH3 is 1. The van der Waals surface area contributed by atoms with Crippen LogP contribution in [-0.2, 0) is 0 Å². The largest absolute Gasteiger partial charge is 0.496 e. The molecule has 1 N–H and O–H groups in total. The molecule has 1 aliphatic rings. The number of nitrogens with one attached hydrogen (secondary N) is 1. The van der Waals surface area contributed by atoms with E-state index < -0.39 is 24.8 Å². The Morgan fingerprint density at radius 1 is 1.45 bits per heavy atom. The maximum absolute atomic E-state index is 13.5. The number of carbonyl (C=O) groups excluding carboxylic acids is 1. The number of hydrogen-bond acceptors (Lipinski definition) is 3. The van der Waals surface area contributed by atoms with Crippen molar-refractivity contribution < 1.29 is 22.8 Å². The lowest BCUT2D eigenvalue weighted by Crippen LogP contribution is -2.29. The summed E-state index contributed by atoms with van der Waals surface area (Å²) in [5, 5.41) is 2.71. The molecule has 6 heteroatoms. The molecular weight excluding hydrogens is 353 g/mol. The van der Waals surface area contributed by atoms with Crippen LogP contribution in [0.2, 0.25) is 0 Å². The van der Waals surface area contributed by atoms with Gasteiger partial charge in [0.15, 0.2) is 0 Å². The van der Waals surface area contributed by atoms with Crippen LogP contribution in [0.5, 0.6) is 11.5 Å². The minimum absolute atomic E-state index is 0.193. The summed E-state index contributed by atoms with van der Waals surface area (Å²) in [6.07, 6.45) is 0. The first-order chi connectivity index (χ1) is 11.7. The summed E-state index contributed by atoms with van der Waals surface area (Å²) >= 11 is 3.34. The van der Waals surface area contributed by atoms with E-state index in [4.69, 9.17) is 13.6 Å². The highest BCUT2D eigenvalue weighted by atomic mass is 79.9. The van der Waals surface area contributed by atoms with Crippen molar-refractivity contribution in [3.05, 3.63) is 57.8 Å². The first kappa shape index (κ1) is 11.5. The van der Waals surface area contributed by atoms with Gasteiger partial charge in [0.2, 0.25) is 0 Å². The fourth-order valence-electron chi connectivity index (χ4n) is 2.31. The van der Waals surface area contributed by atoms with Crippen LogP contribution in [-0.4, -0.2) is 19.6 Å². The van der Waals surface area contributed by atoms with Gasteiger partial charge in [0.25, 0.3) is 5.91 Å². The molecule has 1 aliphatic heterocycles. The molecule has 0 saturated heterocycles. The van der Waals surface area contributed by atoms with Crippen molar-refractivity contribution in [2.24, 2.45) is 0 Å². The fourth-order valence-corrected chi connectivity index (χ4v) is 2.65. The number of hydrogen-bond donors (Lipinski definition) is 1. The summed E-state index contributed by atoms with van der Waals surface area (Å²) in [4.78, 5) is 12.5. The van der Waals surface area contributed by atoms with Gasteiger partial charge in [0.1, 0.15) is 23.9 Å². The van der Waals surface area contributed by atoms with Gasteiger partial charge in [0, 0.05) is 10.0 Å². The molecule has 114 valence electrons. The van der Waals surface area contributed by atoms with E-state index in [1.807, 2.05) is 12.1 Å². The maximum Gasteiger partial charge on any atom is 0.255 e. The highest BCUT2D eigenvalue weighted by Gasteiger charge is 2.27. The molecule has 0 spiro atoms. The van der Waals surface area contributed by atoms with Crippen LogP contribution in [0, 0.1) is 5.82 Å². The van der Waals surface area contributed by atoms with Crippen LogP contribution in [0.25, 0.3) is 0 Å². The summed E-state index contributed by atoms with van der Waals surface area (Å²) in [6.45, 7) is 0.225. The molecule has 0 bridgehead atoms. The van der Waals surface area contributed by atoms with Gasteiger partial charge >= 0.3 is 0 Å². The van der Waals surface area contributed by atoms with Crippen LogP contribution in [0.1, 0.15) is 26.1 Å². The van der Waals surface area contributed by atoms with Crippen molar-refractivity contribution in [1.29, 1.82) is 0 Å². The molecule has 0 aromatic heterocycles. The second-order valence-electron chi connectivity index (χ2n) is 4.76. The average molecular weight is 369 g/mol. The Balaban J connectivity index is 1.84. The highest BCUT2D eigenvalue weighted by Crippen LogP contribution is 2.34. The van der Waals surface area contributed by atoms with E-state index in [0.29, 0.717) is 5.75 Å². The van der Waals surface area contributed by atoms with Gasteiger partial charge in [-0.25, -0.2) is 4.39 Å². The number of amides is 1. The van der Waals surface area contributed by atoms with Crippen LogP contribution < -0.4 is 14.8 Å². The van der Waals surface area contributed by atoms with E-state index in [2.05, 4.69) is 21.2 Å². The molecular formula is C16H13BrFNO3. The van der Waals surface area contributed by atoms with Gasteiger partial charge < -0.3 is 14.8 Å². The molecule has 4 nitrogen and oxygen atoms in total. The van der Waals surface area contributed by atoms with Gasteiger partial charge in [-0.2, -0.15) is 0 Å². The average Bonchev–Trinajstić information content (AvgIpc) is 2.89. The molecule has 0 aliphatic carbocycles. The molecule has 22 heavy (non-hydrogen) atoms. The summed E-state index contributed by atoms with van der Waals surface area (Å²) in [5.41, 5.74) is 0.591.